The zero-order valence-corrected chi connectivity index (χ0v) is 18.5. The summed E-state index contributed by atoms with van der Waals surface area (Å²) in [6, 6.07) is 0. The van der Waals surface area contributed by atoms with Crippen LogP contribution in [-0.4, -0.2) is 46.6 Å². The molecule has 0 aliphatic rings. The van der Waals surface area contributed by atoms with Crippen molar-refractivity contribution in [2.24, 2.45) is 11.8 Å². The van der Waals surface area contributed by atoms with Crippen LogP contribution in [0.1, 0.15) is 79.1 Å². The van der Waals surface area contributed by atoms with Crippen molar-refractivity contribution >= 4 is 11.9 Å². The molecule has 25 heavy (non-hydrogen) atoms. The Balaban J connectivity index is -0.0000000858. The summed E-state index contributed by atoms with van der Waals surface area (Å²) in [7, 11) is 2.00. The quantitative estimate of drug-likeness (QED) is 0.415. The van der Waals surface area contributed by atoms with Crippen LogP contribution in [0, 0.1) is 11.8 Å². The van der Waals surface area contributed by atoms with E-state index in [2.05, 4.69) is 13.8 Å². The van der Waals surface area contributed by atoms with Gasteiger partial charge in [-0.3, -0.25) is 9.59 Å². The number of rotatable bonds is 10. The van der Waals surface area contributed by atoms with Crippen molar-refractivity contribution in [3.63, 3.8) is 0 Å². The first-order valence-electron chi connectivity index (χ1n) is 8.79. The Morgan fingerprint density at radius 3 is 1.04 bits per heavy atom. The molecule has 0 aromatic rings. The second kappa shape index (κ2) is 31.4. The summed E-state index contributed by atoms with van der Waals surface area (Å²) in [5.74, 6) is -1.51. The van der Waals surface area contributed by atoms with Crippen LogP contribution in [0.3, 0.4) is 0 Å². The van der Waals surface area contributed by atoms with Crippen LogP contribution in [0.2, 0.25) is 0 Å². The van der Waals surface area contributed by atoms with Gasteiger partial charge in [0.05, 0.1) is 11.8 Å². The van der Waals surface area contributed by atoms with Crippen molar-refractivity contribution in [1.29, 1.82) is 0 Å². The number of carboxylic acid groups (broad SMARTS) is 2. The van der Waals surface area contributed by atoms with Crippen molar-refractivity contribution in [2.45, 2.75) is 79.1 Å². The van der Waals surface area contributed by atoms with Gasteiger partial charge < -0.3 is 20.4 Å². The molecule has 0 rings (SSSR count). The molecule has 0 aromatic carbocycles. The standard InChI is InChI=1S/2C8H16O2.2CH4O.Ti/c2*1-3-5-6-7(4-2)8(9)10;2*1-2;/h2*7H,3-6H2,1-2H3,(H,9,10);2*2H,1H3;. The number of aliphatic carboxylic acids is 2. The van der Waals surface area contributed by atoms with E-state index in [0.29, 0.717) is 0 Å². The van der Waals surface area contributed by atoms with Gasteiger partial charge in [-0.05, 0) is 25.7 Å². The van der Waals surface area contributed by atoms with E-state index in [-0.39, 0.29) is 33.6 Å². The third-order valence-electron chi connectivity index (χ3n) is 3.50. The van der Waals surface area contributed by atoms with Gasteiger partial charge in [0.2, 0.25) is 0 Å². The van der Waals surface area contributed by atoms with Gasteiger partial charge in [-0.2, -0.15) is 0 Å². The van der Waals surface area contributed by atoms with Crippen molar-refractivity contribution in [1.82, 2.24) is 0 Å². The van der Waals surface area contributed by atoms with Crippen LogP contribution >= 0.6 is 0 Å². The average molecular weight is 400 g/mol. The van der Waals surface area contributed by atoms with Crippen LogP contribution in [0.25, 0.3) is 0 Å². The molecule has 0 bridgehead atoms. The van der Waals surface area contributed by atoms with Gasteiger partial charge in [0.15, 0.2) is 0 Å². The third kappa shape index (κ3) is 28.6. The number of carboxylic acids is 2. The first kappa shape index (κ1) is 35.6. The molecule has 0 saturated heterocycles. The van der Waals surface area contributed by atoms with Crippen LogP contribution in [0.15, 0.2) is 0 Å². The van der Waals surface area contributed by atoms with E-state index in [9.17, 15) is 9.59 Å². The predicted octanol–water partition coefficient (Wildman–Crippen LogP) is 3.79. The molecular formula is C18H40O6Ti. The minimum atomic E-state index is -0.643. The smallest absolute Gasteiger partial charge is 0.306 e. The minimum Gasteiger partial charge on any atom is -0.481 e. The Labute approximate surface area is 168 Å². The summed E-state index contributed by atoms with van der Waals surface area (Å²) in [4.78, 5) is 20.9. The molecule has 0 heterocycles. The first-order valence-corrected chi connectivity index (χ1v) is 8.79. The zero-order valence-electron chi connectivity index (χ0n) is 16.9. The van der Waals surface area contributed by atoms with Gasteiger partial charge >= 0.3 is 11.9 Å². The Bertz CT molecular complexity index is 236. The van der Waals surface area contributed by atoms with Gasteiger partial charge in [0.1, 0.15) is 0 Å². The molecule has 0 aromatic heterocycles. The van der Waals surface area contributed by atoms with Crippen LogP contribution < -0.4 is 0 Å². The summed E-state index contributed by atoms with van der Waals surface area (Å²) < 4.78 is 0. The van der Waals surface area contributed by atoms with E-state index in [4.69, 9.17) is 20.4 Å². The molecule has 2 unspecified atom stereocenters. The predicted molar refractivity (Wildman–Crippen MR) is 98.2 cm³/mol. The molecule has 0 fully saturated rings. The van der Waals surface area contributed by atoms with E-state index >= 15 is 0 Å². The second-order valence-corrected chi connectivity index (χ2v) is 5.17. The Morgan fingerprint density at radius 2 is 0.920 bits per heavy atom. The van der Waals surface area contributed by atoms with E-state index in [0.717, 1.165) is 65.6 Å². The number of hydrogen-bond donors (Lipinski definition) is 4. The normalized spacial score (nSPS) is 10.9. The van der Waals surface area contributed by atoms with Crippen molar-refractivity contribution < 1.29 is 51.7 Å². The fraction of sp³-hybridized carbons (Fsp3) is 0.889. The molecule has 0 aliphatic carbocycles. The van der Waals surface area contributed by atoms with E-state index in [1.54, 1.807) is 0 Å². The Morgan fingerprint density at radius 1 is 0.680 bits per heavy atom. The molecule has 7 heteroatoms. The molecular weight excluding hydrogens is 360 g/mol. The number of hydrogen-bond acceptors (Lipinski definition) is 4. The molecule has 0 amide bonds. The summed E-state index contributed by atoms with van der Waals surface area (Å²) in [5.41, 5.74) is 0. The molecule has 0 radical (unpaired) electrons. The summed E-state index contributed by atoms with van der Waals surface area (Å²) in [5, 5.41) is 31.2. The molecule has 4 N–H and O–H groups in total. The van der Waals surface area contributed by atoms with Crippen molar-refractivity contribution in [3.05, 3.63) is 0 Å². The SMILES string of the molecule is CCCCC(CC)C(=O)O.CCCCC(CC)C(=O)O.CO.CO.[Ti]. The molecule has 2 atom stereocenters. The average Bonchev–Trinajstić information content (AvgIpc) is 2.60. The molecule has 152 valence electrons. The van der Waals surface area contributed by atoms with Crippen LogP contribution in [0.5, 0.6) is 0 Å². The first-order chi connectivity index (χ1) is 11.4. The van der Waals surface area contributed by atoms with Gasteiger partial charge in [-0.1, -0.05) is 53.4 Å². The van der Waals surface area contributed by atoms with Crippen molar-refractivity contribution in [2.75, 3.05) is 14.2 Å². The van der Waals surface area contributed by atoms with Crippen molar-refractivity contribution in [3.8, 4) is 0 Å². The summed E-state index contributed by atoms with van der Waals surface area (Å²) in [6.07, 6.45) is 7.43. The van der Waals surface area contributed by atoms with E-state index < -0.39 is 11.9 Å². The zero-order chi connectivity index (χ0) is 20.0. The van der Waals surface area contributed by atoms with Gasteiger partial charge in [-0.25, -0.2) is 0 Å². The van der Waals surface area contributed by atoms with Crippen LogP contribution in [-0.2, 0) is 31.3 Å². The number of unbranched alkanes of at least 4 members (excludes halogenated alkanes) is 2. The fourth-order valence-corrected chi connectivity index (χ4v) is 1.91. The van der Waals surface area contributed by atoms with Crippen LogP contribution in [0.4, 0.5) is 0 Å². The minimum absolute atomic E-state index is 0. The molecule has 6 nitrogen and oxygen atoms in total. The molecule has 0 aliphatic heterocycles. The fourth-order valence-electron chi connectivity index (χ4n) is 1.91. The number of aliphatic hydroxyl groups is 2. The second-order valence-electron chi connectivity index (χ2n) is 5.17. The summed E-state index contributed by atoms with van der Waals surface area (Å²) >= 11 is 0. The molecule has 0 spiro atoms. The maximum atomic E-state index is 10.4. The van der Waals surface area contributed by atoms with Gasteiger partial charge in [-0.15, -0.1) is 0 Å². The van der Waals surface area contributed by atoms with Gasteiger partial charge in [0.25, 0.3) is 0 Å². The maximum Gasteiger partial charge on any atom is 0.306 e. The number of carbonyl (C=O) groups is 2. The topological polar surface area (TPSA) is 115 Å². The number of aliphatic hydroxyl groups excluding tert-OH is 2. The maximum absolute atomic E-state index is 10.4. The Kier molecular flexibility index (Phi) is 44.7. The molecule has 0 saturated carbocycles. The monoisotopic (exact) mass is 400 g/mol. The van der Waals surface area contributed by atoms with E-state index in [1.807, 2.05) is 13.8 Å². The largest absolute Gasteiger partial charge is 0.481 e. The Hall–Kier alpha value is -0.426. The summed E-state index contributed by atoms with van der Waals surface area (Å²) in [6.45, 7) is 8.01. The third-order valence-corrected chi connectivity index (χ3v) is 3.50. The van der Waals surface area contributed by atoms with Gasteiger partial charge in [0, 0.05) is 35.9 Å². The van der Waals surface area contributed by atoms with E-state index in [1.165, 1.54) is 0 Å².